The van der Waals surface area contributed by atoms with Crippen LogP contribution in [0.15, 0.2) is 63.5 Å². The third-order valence-electron chi connectivity index (χ3n) is 5.19. The van der Waals surface area contributed by atoms with Gasteiger partial charge in [0.15, 0.2) is 4.80 Å². The second-order valence-corrected chi connectivity index (χ2v) is 9.02. The fourth-order valence-electron chi connectivity index (χ4n) is 3.69. The van der Waals surface area contributed by atoms with Gasteiger partial charge in [0.05, 0.1) is 45.6 Å². The number of esters is 1. The van der Waals surface area contributed by atoms with Crippen molar-refractivity contribution in [1.82, 2.24) is 4.57 Å². The lowest BCUT2D eigenvalue weighted by Crippen LogP contribution is -2.39. The van der Waals surface area contributed by atoms with Crippen LogP contribution in [0.5, 0.6) is 5.75 Å². The predicted molar refractivity (Wildman–Crippen MR) is 130 cm³/mol. The van der Waals surface area contributed by atoms with Gasteiger partial charge < -0.3 is 9.47 Å². The van der Waals surface area contributed by atoms with Crippen LogP contribution in [0, 0.1) is 0 Å². The maximum atomic E-state index is 13.6. The second kappa shape index (κ2) is 9.55. The molecule has 2 aromatic carbocycles. The number of carbonyl (C=O) groups excluding carboxylic acids is 1. The third-order valence-corrected chi connectivity index (χ3v) is 7.01. The molecule has 9 heteroatoms. The molecule has 0 bridgehead atoms. The monoisotopic (exact) mass is 502 g/mol. The zero-order chi connectivity index (χ0) is 23.7. The van der Waals surface area contributed by atoms with Crippen molar-refractivity contribution in [2.75, 3.05) is 13.7 Å². The van der Waals surface area contributed by atoms with Crippen molar-refractivity contribution in [2.24, 2.45) is 4.99 Å². The van der Waals surface area contributed by atoms with Crippen molar-refractivity contribution in [3.05, 3.63) is 94.6 Å². The second-order valence-electron chi connectivity index (χ2n) is 7.22. The number of halogens is 2. The van der Waals surface area contributed by atoms with Crippen molar-refractivity contribution in [1.29, 1.82) is 0 Å². The SMILES string of the molecule is CCOC(=O)C1=C(C)N=c2s/c(=C\c3cccc(Cl)c3Cl)c(=O)n2[C@@H]1c1cccc(OC)c1. The molecule has 0 unspecified atom stereocenters. The normalized spacial score (nSPS) is 15.8. The Morgan fingerprint density at radius 3 is 2.73 bits per heavy atom. The van der Waals surface area contributed by atoms with Gasteiger partial charge in [-0.25, -0.2) is 9.79 Å². The number of rotatable bonds is 5. The summed E-state index contributed by atoms with van der Waals surface area (Å²) in [6.07, 6.45) is 1.68. The van der Waals surface area contributed by atoms with Gasteiger partial charge in [-0.15, -0.1) is 0 Å². The zero-order valence-electron chi connectivity index (χ0n) is 18.1. The van der Waals surface area contributed by atoms with Gasteiger partial charge in [-0.2, -0.15) is 0 Å². The van der Waals surface area contributed by atoms with Crippen molar-refractivity contribution in [3.63, 3.8) is 0 Å². The summed E-state index contributed by atoms with van der Waals surface area (Å²) in [5.74, 6) is 0.0944. The minimum Gasteiger partial charge on any atom is -0.497 e. The van der Waals surface area contributed by atoms with Gasteiger partial charge in [0.1, 0.15) is 5.75 Å². The molecule has 1 aliphatic rings. The number of fused-ring (bicyclic) bond motifs is 1. The topological polar surface area (TPSA) is 69.9 Å². The number of benzene rings is 2. The highest BCUT2D eigenvalue weighted by molar-refractivity contribution is 7.07. The minimum atomic E-state index is -0.715. The first kappa shape index (κ1) is 23.3. The van der Waals surface area contributed by atoms with Gasteiger partial charge in [-0.3, -0.25) is 9.36 Å². The van der Waals surface area contributed by atoms with Crippen molar-refractivity contribution in [2.45, 2.75) is 19.9 Å². The van der Waals surface area contributed by atoms with E-state index in [9.17, 15) is 9.59 Å². The molecule has 0 fully saturated rings. The molecule has 4 rings (SSSR count). The third kappa shape index (κ3) is 4.36. The van der Waals surface area contributed by atoms with E-state index in [0.29, 0.717) is 47.5 Å². The largest absolute Gasteiger partial charge is 0.497 e. The van der Waals surface area contributed by atoms with Gasteiger partial charge in [-0.05, 0) is 49.2 Å². The maximum Gasteiger partial charge on any atom is 0.338 e. The molecule has 0 spiro atoms. The Kier molecular flexibility index (Phi) is 6.74. The molecule has 3 aromatic rings. The minimum absolute atomic E-state index is 0.206. The van der Waals surface area contributed by atoms with Gasteiger partial charge >= 0.3 is 5.97 Å². The number of nitrogens with zero attached hydrogens (tertiary/aromatic N) is 2. The highest BCUT2D eigenvalue weighted by atomic mass is 35.5. The molecule has 0 radical (unpaired) electrons. The van der Waals surface area contributed by atoms with E-state index >= 15 is 0 Å². The van der Waals surface area contributed by atoms with Crippen LogP contribution in [0.4, 0.5) is 0 Å². The average molecular weight is 503 g/mol. The van der Waals surface area contributed by atoms with E-state index in [4.69, 9.17) is 32.7 Å². The molecule has 2 heterocycles. The van der Waals surface area contributed by atoms with Gasteiger partial charge in [0.25, 0.3) is 5.56 Å². The summed E-state index contributed by atoms with van der Waals surface area (Å²) < 4.78 is 12.6. The van der Waals surface area contributed by atoms with Crippen LogP contribution in [0.25, 0.3) is 6.08 Å². The number of carbonyl (C=O) groups is 1. The molecule has 1 atom stereocenters. The molecule has 0 saturated heterocycles. The van der Waals surface area contributed by atoms with Gasteiger partial charge in [0, 0.05) is 0 Å². The molecule has 0 aliphatic carbocycles. The summed E-state index contributed by atoms with van der Waals surface area (Å²) in [5, 5.41) is 0.755. The van der Waals surface area contributed by atoms with E-state index in [1.807, 2.05) is 12.1 Å². The molecule has 6 nitrogen and oxygen atoms in total. The van der Waals surface area contributed by atoms with Crippen LogP contribution in [0.2, 0.25) is 10.0 Å². The first-order chi connectivity index (χ1) is 15.8. The summed E-state index contributed by atoms with van der Waals surface area (Å²) in [7, 11) is 1.56. The Morgan fingerprint density at radius 1 is 1.24 bits per heavy atom. The van der Waals surface area contributed by atoms with Crippen LogP contribution in [0.1, 0.15) is 31.0 Å². The first-order valence-corrected chi connectivity index (χ1v) is 11.7. The fraction of sp³-hybridized carbons (Fsp3) is 0.208. The number of hydrogen-bond acceptors (Lipinski definition) is 6. The molecule has 0 saturated carbocycles. The number of ether oxygens (including phenoxy) is 2. The Bertz CT molecular complexity index is 1460. The first-order valence-electron chi connectivity index (χ1n) is 10.1. The molecule has 33 heavy (non-hydrogen) atoms. The molecular weight excluding hydrogens is 483 g/mol. The number of methoxy groups -OCH3 is 1. The lowest BCUT2D eigenvalue weighted by Gasteiger charge is -2.25. The Hall–Kier alpha value is -2.87. The molecule has 0 N–H and O–H groups in total. The molecule has 1 aliphatic heterocycles. The smallest absolute Gasteiger partial charge is 0.338 e. The summed E-state index contributed by atoms with van der Waals surface area (Å²) in [6, 6.07) is 11.8. The zero-order valence-corrected chi connectivity index (χ0v) is 20.4. The molecule has 1 aromatic heterocycles. The quantitative estimate of drug-likeness (QED) is 0.492. The van der Waals surface area contributed by atoms with Crippen LogP contribution >= 0.6 is 34.5 Å². The summed E-state index contributed by atoms with van der Waals surface area (Å²) >= 11 is 13.7. The standard InChI is InChI=1S/C24H20Cl2N2O4S/c1-4-32-23(30)19-13(2)27-24-28(21(19)15-8-5-9-16(11-15)31-3)22(29)18(33-24)12-14-7-6-10-17(25)20(14)26/h5-12,21H,4H2,1-3H3/b18-12-/t21-/m1/s1. The van der Waals surface area contributed by atoms with Crippen LogP contribution in [-0.2, 0) is 9.53 Å². The molecule has 170 valence electrons. The van der Waals surface area contributed by atoms with E-state index in [-0.39, 0.29) is 12.2 Å². The molecular formula is C24H20Cl2N2O4S. The molecule has 0 amide bonds. The summed E-state index contributed by atoms with van der Waals surface area (Å²) in [6.45, 7) is 3.68. The highest BCUT2D eigenvalue weighted by Crippen LogP contribution is 2.32. The highest BCUT2D eigenvalue weighted by Gasteiger charge is 2.33. The Balaban J connectivity index is 1.99. The van der Waals surface area contributed by atoms with Crippen molar-refractivity contribution < 1.29 is 14.3 Å². The van der Waals surface area contributed by atoms with Crippen molar-refractivity contribution >= 4 is 46.6 Å². The van der Waals surface area contributed by atoms with Gasteiger partial charge in [-0.1, -0.05) is 58.8 Å². The maximum absolute atomic E-state index is 13.6. The predicted octanol–water partition coefficient (Wildman–Crippen LogP) is 4.11. The number of aromatic nitrogens is 1. The average Bonchev–Trinajstić information content (AvgIpc) is 3.10. The van der Waals surface area contributed by atoms with E-state index in [1.165, 1.54) is 15.9 Å². The van der Waals surface area contributed by atoms with E-state index in [1.54, 1.807) is 57.4 Å². The Labute approximate surface area is 204 Å². The van der Waals surface area contributed by atoms with E-state index in [2.05, 4.69) is 4.99 Å². The fourth-order valence-corrected chi connectivity index (χ4v) is 5.09. The van der Waals surface area contributed by atoms with Crippen molar-refractivity contribution in [3.8, 4) is 5.75 Å². The summed E-state index contributed by atoms with van der Waals surface area (Å²) in [4.78, 5) is 31.5. The number of allylic oxidation sites excluding steroid dienone is 1. The number of hydrogen-bond donors (Lipinski definition) is 0. The number of thiazole rings is 1. The van der Waals surface area contributed by atoms with Crippen LogP contribution in [-0.4, -0.2) is 24.3 Å². The van der Waals surface area contributed by atoms with E-state index < -0.39 is 12.0 Å². The summed E-state index contributed by atoms with van der Waals surface area (Å²) in [5.41, 5.74) is 1.84. The van der Waals surface area contributed by atoms with Gasteiger partial charge in [0.2, 0.25) is 0 Å². The van der Waals surface area contributed by atoms with Crippen LogP contribution < -0.4 is 19.6 Å². The van der Waals surface area contributed by atoms with E-state index in [0.717, 1.165) is 0 Å². The lowest BCUT2D eigenvalue weighted by atomic mass is 9.95. The van der Waals surface area contributed by atoms with Crippen LogP contribution in [0.3, 0.4) is 0 Å². The lowest BCUT2D eigenvalue weighted by molar-refractivity contribution is -0.139. The Morgan fingerprint density at radius 2 is 2.00 bits per heavy atom.